The number of ether oxygens (including phenoxy) is 1. The van der Waals surface area contributed by atoms with Gasteiger partial charge in [0.2, 0.25) is 0 Å². The predicted molar refractivity (Wildman–Crippen MR) is 102 cm³/mol. The Kier molecular flexibility index (Phi) is 5.68. The summed E-state index contributed by atoms with van der Waals surface area (Å²) < 4.78 is 9.82. The van der Waals surface area contributed by atoms with Gasteiger partial charge in [0.25, 0.3) is 5.91 Å². The molecule has 2 N–H and O–H groups in total. The fraction of sp³-hybridized carbons (Fsp3) is 0.533. The molecule has 9 nitrogen and oxygen atoms in total. The lowest BCUT2D eigenvalue weighted by Gasteiger charge is -2.49. The number of amides is 2. The van der Waals surface area contributed by atoms with Crippen LogP contribution < -0.4 is 5.32 Å². The van der Waals surface area contributed by atoms with E-state index in [1.807, 2.05) is 0 Å². The number of hydrogen-bond acceptors (Lipinski definition) is 9. The summed E-state index contributed by atoms with van der Waals surface area (Å²) in [5.74, 6) is -0.708. The molecule has 2 amide bonds. The van der Waals surface area contributed by atoms with Crippen molar-refractivity contribution >= 4 is 53.0 Å². The SMILES string of the molecule is CC(C)(C)OC(=O)NC1C(=O)N2C(C(=O)O)=C(CSc3cnns3)CS[C@H]12. The van der Waals surface area contributed by atoms with Crippen molar-refractivity contribution in [1.29, 1.82) is 0 Å². The molecule has 0 bridgehead atoms. The molecular formula is C15H18N4O5S3. The van der Waals surface area contributed by atoms with Crippen molar-refractivity contribution in [3.63, 3.8) is 0 Å². The number of rotatable bonds is 5. The van der Waals surface area contributed by atoms with Crippen LogP contribution in [0.2, 0.25) is 0 Å². The number of aromatic nitrogens is 2. The van der Waals surface area contributed by atoms with Gasteiger partial charge in [0.1, 0.15) is 26.9 Å². The Bertz CT molecular complexity index is 790. The van der Waals surface area contributed by atoms with Crippen molar-refractivity contribution in [2.75, 3.05) is 11.5 Å². The standard InChI is InChI=1S/C15H18N4O5S3/c1-15(2,3)24-14(23)17-9-11(20)19-10(13(21)22)7(6-26-12(9)19)5-25-8-4-16-18-27-8/h4,9,12H,5-6H2,1-3H3,(H,17,23)(H,21,22)/t9?,12-/m1/s1. The maximum atomic E-state index is 12.5. The molecule has 146 valence electrons. The van der Waals surface area contributed by atoms with Crippen LogP contribution in [0, 0.1) is 0 Å². The first kappa shape index (κ1) is 20.0. The molecule has 1 saturated heterocycles. The smallest absolute Gasteiger partial charge is 0.408 e. The highest BCUT2D eigenvalue weighted by Gasteiger charge is 2.54. The Labute approximate surface area is 168 Å². The molecular weight excluding hydrogens is 412 g/mol. The summed E-state index contributed by atoms with van der Waals surface area (Å²) >= 11 is 4.09. The van der Waals surface area contributed by atoms with E-state index in [2.05, 4.69) is 14.9 Å². The van der Waals surface area contributed by atoms with Gasteiger partial charge in [-0.25, -0.2) is 9.59 Å². The number of nitrogens with one attached hydrogen (secondary N) is 1. The molecule has 2 aliphatic heterocycles. The largest absolute Gasteiger partial charge is 0.477 e. The Hall–Kier alpha value is -1.79. The van der Waals surface area contributed by atoms with Crippen molar-refractivity contribution in [3.05, 3.63) is 17.5 Å². The number of nitrogens with zero attached hydrogens (tertiary/aromatic N) is 3. The number of carbonyl (C=O) groups excluding carboxylic acids is 2. The second-order valence-corrected chi connectivity index (χ2v) is 9.98. The zero-order chi connectivity index (χ0) is 19.8. The van der Waals surface area contributed by atoms with Crippen LogP contribution in [-0.2, 0) is 14.3 Å². The molecule has 3 rings (SSSR count). The van der Waals surface area contributed by atoms with E-state index in [0.29, 0.717) is 17.1 Å². The van der Waals surface area contributed by atoms with E-state index in [1.165, 1.54) is 40.0 Å². The number of hydrogen-bond donors (Lipinski definition) is 2. The second-order valence-electron chi connectivity index (χ2n) is 6.82. The van der Waals surface area contributed by atoms with Gasteiger partial charge in [-0.2, -0.15) is 0 Å². The van der Waals surface area contributed by atoms with E-state index < -0.39 is 35.0 Å². The summed E-state index contributed by atoms with van der Waals surface area (Å²) in [4.78, 5) is 37.5. The molecule has 12 heteroatoms. The highest BCUT2D eigenvalue weighted by molar-refractivity contribution is 8.01. The summed E-state index contributed by atoms with van der Waals surface area (Å²) in [6, 6.07) is -0.793. The van der Waals surface area contributed by atoms with E-state index >= 15 is 0 Å². The molecule has 1 fully saturated rings. The van der Waals surface area contributed by atoms with Crippen LogP contribution in [0.5, 0.6) is 0 Å². The number of alkyl carbamates (subject to hydrolysis) is 1. The quantitative estimate of drug-likeness (QED) is 0.531. The normalized spacial score (nSPS) is 22.2. The lowest BCUT2D eigenvalue weighted by Crippen LogP contribution is -2.70. The predicted octanol–water partition coefficient (Wildman–Crippen LogP) is 1.78. The molecule has 1 aromatic rings. The Morgan fingerprint density at radius 3 is 2.81 bits per heavy atom. The molecule has 0 aliphatic carbocycles. The van der Waals surface area contributed by atoms with Gasteiger partial charge in [0.15, 0.2) is 0 Å². The lowest BCUT2D eigenvalue weighted by atomic mass is 10.0. The fourth-order valence-electron chi connectivity index (χ4n) is 2.61. The van der Waals surface area contributed by atoms with Crippen molar-refractivity contribution in [1.82, 2.24) is 19.8 Å². The molecule has 2 aliphatic rings. The molecule has 0 radical (unpaired) electrons. The van der Waals surface area contributed by atoms with Crippen molar-refractivity contribution < 1.29 is 24.2 Å². The van der Waals surface area contributed by atoms with Crippen LogP contribution in [0.1, 0.15) is 20.8 Å². The summed E-state index contributed by atoms with van der Waals surface area (Å²) in [7, 11) is 0. The monoisotopic (exact) mass is 430 g/mol. The van der Waals surface area contributed by atoms with Crippen LogP contribution in [-0.4, -0.2) is 66.1 Å². The van der Waals surface area contributed by atoms with Gasteiger partial charge in [0, 0.05) is 11.5 Å². The van der Waals surface area contributed by atoms with Crippen LogP contribution >= 0.6 is 35.1 Å². The maximum absolute atomic E-state index is 12.5. The third kappa shape index (κ3) is 4.38. The average molecular weight is 431 g/mol. The third-order valence-corrected chi connectivity index (χ3v) is 6.91. The molecule has 2 atom stereocenters. The highest BCUT2D eigenvalue weighted by Crippen LogP contribution is 2.41. The van der Waals surface area contributed by atoms with Crippen molar-refractivity contribution in [2.45, 2.75) is 42.0 Å². The minimum absolute atomic E-state index is 0.00374. The Morgan fingerprint density at radius 1 is 1.48 bits per heavy atom. The number of fused-ring (bicyclic) bond motifs is 1. The molecule has 0 aromatic carbocycles. The minimum Gasteiger partial charge on any atom is -0.477 e. The lowest BCUT2D eigenvalue weighted by molar-refractivity contribution is -0.149. The molecule has 27 heavy (non-hydrogen) atoms. The molecule has 0 saturated carbocycles. The van der Waals surface area contributed by atoms with Gasteiger partial charge < -0.3 is 15.2 Å². The first-order chi connectivity index (χ1) is 12.7. The fourth-order valence-corrected chi connectivity index (χ4v) is 5.52. The Morgan fingerprint density at radius 2 is 2.22 bits per heavy atom. The highest BCUT2D eigenvalue weighted by atomic mass is 32.2. The van der Waals surface area contributed by atoms with E-state index in [-0.39, 0.29) is 5.70 Å². The van der Waals surface area contributed by atoms with E-state index in [4.69, 9.17) is 4.74 Å². The molecule has 0 spiro atoms. The zero-order valence-corrected chi connectivity index (χ0v) is 17.2. The minimum atomic E-state index is -1.15. The zero-order valence-electron chi connectivity index (χ0n) is 14.8. The van der Waals surface area contributed by atoms with Gasteiger partial charge in [-0.05, 0) is 37.9 Å². The summed E-state index contributed by atoms with van der Waals surface area (Å²) in [5.41, 5.74) is -0.0274. The first-order valence-electron chi connectivity index (χ1n) is 7.97. The number of aliphatic carboxylic acids is 1. The first-order valence-corrected chi connectivity index (χ1v) is 10.8. The maximum Gasteiger partial charge on any atom is 0.408 e. The number of carbonyl (C=O) groups is 3. The number of β-lactam (4-membered cyclic amide) rings is 1. The van der Waals surface area contributed by atoms with Gasteiger partial charge in [-0.3, -0.25) is 9.69 Å². The Balaban J connectivity index is 1.70. The molecule has 3 heterocycles. The second kappa shape index (κ2) is 7.68. The van der Waals surface area contributed by atoms with Crippen molar-refractivity contribution in [3.8, 4) is 0 Å². The third-order valence-electron chi connectivity index (χ3n) is 3.65. The van der Waals surface area contributed by atoms with Gasteiger partial charge in [-0.15, -0.1) is 28.6 Å². The van der Waals surface area contributed by atoms with Gasteiger partial charge in [-0.1, -0.05) is 4.49 Å². The van der Waals surface area contributed by atoms with Crippen LogP contribution in [0.15, 0.2) is 21.7 Å². The van der Waals surface area contributed by atoms with E-state index in [9.17, 15) is 19.5 Å². The van der Waals surface area contributed by atoms with Crippen molar-refractivity contribution in [2.24, 2.45) is 0 Å². The summed E-state index contributed by atoms with van der Waals surface area (Å²) in [5, 5.41) is 15.5. The molecule has 1 aromatic heterocycles. The number of thioether (sulfide) groups is 2. The number of carboxylic acid groups (broad SMARTS) is 1. The van der Waals surface area contributed by atoms with Gasteiger partial charge >= 0.3 is 12.1 Å². The van der Waals surface area contributed by atoms with Gasteiger partial charge in [0.05, 0.1) is 6.20 Å². The van der Waals surface area contributed by atoms with E-state index in [0.717, 1.165) is 4.21 Å². The van der Waals surface area contributed by atoms with Crippen LogP contribution in [0.4, 0.5) is 4.79 Å². The average Bonchev–Trinajstić information content (AvgIpc) is 3.08. The topological polar surface area (TPSA) is 122 Å². The van der Waals surface area contributed by atoms with Crippen LogP contribution in [0.25, 0.3) is 0 Å². The summed E-state index contributed by atoms with van der Waals surface area (Å²) in [6.07, 6.45) is 0.922. The summed E-state index contributed by atoms with van der Waals surface area (Å²) in [6.45, 7) is 5.18. The number of carboxylic acids is 1. The van der Waals surface area contributed by atoms with E-state index in [1.54, 1.807) is 27.0 Å². The molecule has 1 unspecified atom stereocenters. The van der Waals surface area contributed by atoms with Crippen LogP contribution in [0.3, 0.4) is 0 Å².